The third-order valence-electron chi connectivity index (χ3n) is 5.86. The van der Waals surface area contributed by atoms with Crippen LogP contribution >= 0.6 is 0 Å². The van der Waals surface area contributed by atoms with Crippen molar-refractivity contribution in [2.24, 2.45) is 5.92 Å². The molecule has 35 heavy (non-hydrogen) atoms. The topological polar surface area (TPSA) is 94.6 Å². The van der Waals surface area contributed by atoms with E-state index in [0.29, 0.717) is 11.7 Å². The molecule has 0 radical (unpaired) electrons. The van der Waals surface area contributed by atoms with E-state index in [2.05, 4.69) is 4.98 Å². The van der Waals surface area contributed by atoms with Gasteiger partial charge in [-0.05, 0) is 61.6 Å². The number of aryl methyl sites for hydroxylation is 1. The molecule has 2 aromatic carbocycles. The van der Waals surface area contributed by atoms with Crippen LogP contribution in [0.2, 0.25) is 0 Å². The predicted octanol–water partition coefficient (Wildman–Crippen LogP) is 4.64. The largest absolute Gasteiger partial charge is 0.492 e. The van der Waals surface area contributed by atoms with Crippen LogP contribution in [-0.4, -0.2) is 32.2 Å². The fraction of sp³-hybridized carbons (Fsp3) is 0.308. The molecule has 9 heteroatoms. The monoisotopic (exact) mass is 498 g/mol. The lowest BCUT2D eigenvalue weighted by Crippen LogP contribution is -2.29. The highest BCUT2D eigenvalue weighted by atomic mass is 32.2. The summed E-state index contributed by atoms with van der Waals surface area (Å²) in [6.45, 7) is 2.64. The van der Waals surface area contributed by atoms with E-state index in [1.54, 1.807) is 12.3 Å². The first-order valence-electron chi connectivity index (χ1n) is 11.3. The Bertz CT molecular complexity index is 1340. The molecular weight excluding hydrogens is 471 g/mol. The summed E-state index contributed by atoms with van der Waals surface area (Å²) in [4.78, 5) is 16.5. The lowest BCUT2D eigenvalue weighted by molar-refractivity contribution is 0.0981. The van der Waals surface area contributed by atoms with Crippen molar-refractivity contribution >= 4 is 15.9 Å². The molecule has 0 bridgehead atoms. The quantitative estimate of drug-likeness (QED) is 0.462. The molecule has 1 amide bonds. The molecule has 0 unspecified atom stereocenters. The van der Waals surface area contributed by atoms with Gasteiger partial charge in [0.15, 0.2) is 0 Å². The minimum atomic E-state index is -3.74. The summed E-state index contributed by atoms with van der Waals surface area (Å²) in [5.41, 5.74) is 2.77. The SMILES string of the molecule is Cc1cc(OCC2CCC2)cnc1-c1cccc(OCc2ccc(C(=O)NS(C)(=O)=O)cc2F)c1. The van der Waals surface area contributed by atoms with Gasteiger partial charge in [-0.25, -0.2) is 17.5 Å². The molecule has 1 fully saturated rings. The van der Waals surface area contributed by atoms with Crippen molar-refractivity contribution in [2.45, 2.75) is 32.8 Å². The van der Waals surface area contributed by atoms with Gasteiger partial charge in [-0.3, -0.25) is 9.78 Å². The summed E-state index contributed by atoms with van der Waals surface area (Å²) in [7, 11) is -3.74. The molecule has 0 atom stereocenters. The minimum absolute atomic E-state index is 0.0659. The number of nitrogens with one attached hydrogen (secondary N) is 1. The summed E-state index contributed by atoms with van der Waals surface area (Å²) in [5, 5.41) is 0. The number of pyridine rings is 1. The van der Waals surface area contributed by atoms with E-state index < -0.39 is 21.7 Å². The number of halogens is 1. The third kappa shape index (κ3) is 6.57. The first-order valence-corrected chi connectivity index (χ1v) is 13.2. The number of hydrogen-bond donors (Lipinski definition) is 1. The number of benzene rings is 2. The molecule has 7 nitrogen and oxygen atoms in total. The van der Waals surface area contributed by atoms with Crippen LogP contribution in [-0.2, 0) is 16.6 Å². The number of nitrogens with zero attached hydrogens (tertiary/aromatic N) is 1. The third-order valence-corrected chi connectivity index (χ3v) is 6.41. The van der Waals surface area contributed by atoms with Crippen LogP contribution in [0, 0.1) is 18.7 Å². The van der Waals surface area contributed by atoms with Crippen molar-refractivity contribution in [1.82, 2.24) is 9.71 Å². The summed E-state index contributed by atoms with van der Waals surface area (Å²) in [6.07, 6.45) is 6.31. The van der Waals surface area contributed by atoms with Crippen LogP contribution in [0.5, 0.6) is 11.5 Å². The van der Waals surface area contributed by atoms with Crippen LogP contribution in [0.3, 0.4) is 0 Å². The molecule has 4 rings (SSSR count). The lowest BCUT2D eigenvalue weighted by atomic mass is 9.86. The van der Waals surface area contributed by atoms with Gasteiger partial charge in [-0.2, -0.15) is 0 Å². The van der Waals surface area contributed by atoms with Crippen molar-refractivity contribution in [3.63, 3.8) is 0 Å². The molecule has 1 heterocycles. The van der Waals surface area contributed by atoms with Crippen molar-refractivity contribution in [3.05, 3.63) is 77.2 Å². The van der Waals surface area contributed by atoms with Gasteiger partial charge in [0.1, 0.15) is 23.9 Å². The summed E-state index contributed by atoms with van der Waals surface area (Å²) in [6, 6.07) is 13.1. The Morgan fingerprint density at radius 3 is 2.57 bits per heavy atom. The summed E-state index contributed by atoms with van der Waals surface area (Å²) >= 11 is 0. The Hall–Kier alpha value is -3.46. The van der Waals surface area contributed by atoms with Crippen molar-refractivity contribution in [1.29, 1.82) is 0 Å². The van der Waals surface area contributed by atoms with E-state index in [4.69, 9.17) is 9.47 Å². The van der Waals surface area contributed by atoms with Crippen LogP contribution in [0.4, 0.5) is 4.39 Å². The molecule has 1 saturated carbocycles. The number of hydrogen-bond acceptors (Lipinski definition) is 6. The molecule has 1 aliphatic carbocycles. The average Bonchev–Trinajstić information content (AvgIpc) is 2.76. The number of rotatable bonds is 9. The zero-order valence-corrected chi connectivity index (χ0v) is 20.4. The Labute approximate surface area is 204 Å². The molecule has 0 spiro atoms. The summed E-state index contributed by atoms with van der Waals surface area (Å²) in [5.74, 6) is 0.377. The molecule has 0 saturated heterocycles. The van der Waals surface area contributed by atoms with E-state index in [-0.39, 0.29) is 17.7 Å². The number of sulfonamides is 1. The van der Waals surface area contributed by atoms with Gasteiger partial charge in [-0.15, -0.1) is 0 Å². The van der Waals surface area contributed by atoms with E-state index in [0.717, 1.165) is 41.5 Å². The molecule has 1 aliphatic rings. The van der Waals surface area contributed by atoms with Crippen LogP contribution in [0.1, 0.15) is 40.7 Å². The van der Waals surface area contributed by atoms with E-state index in [9.17, 15) is 17.6 Å². The number of carbonyl (C=O) groups excluding carboxylic acids is 1. The zero-order valence-electron chi connectivity index (χ0n) is 19.6. The second kappa shape index (κ2) is 10.4. The molecular formula is C26H27FN2O5S. The van der Waals surface area contributed by atoms with Gasteiger partial charge >= 0.3 is 0 Å². The maximum absolute atomic E-state index is 14.5. The van der Waals surface area contributed by atoms with Crippen molar-refractivity contribution in [2.75, 3.05) is 12.9 Å². The van der Waals surface area contributed by atoms with Crippen LogP contribution in [0.25, 0.3) is 11.3 Å². The van der Waals surface area contributed by atoms with Crippen molar-refractivity contribution < 1.29 is 27.1 Å². The number of aromatic nitrogens is 1. The molecule has 1 N–H and O–H groups in total. The first kappa shape index (κ1) is 24.7. The maximum Gasteiger partial charge on any atom is 0.264 e. The Balaban J connectivity index is 1.41. The fourth-order valence-corrected chi connectivity index (χ4v) is 4.19. The standard InChI is InChI=1S/C26H27FN2O5S/c1-17-11-23(33-15-18-5-3-6-18)14-28-25(17)19-7-4-8-22(12-19)34-16-21-10-9-20(13-24(21)27)26(30)29-35(2,31)32/h4,7-14,18H,3,5-6,15-16H2,1-2H3,(H,29,30). The molecule has 0 aliphatic heterocycles. The van der Waals surface area contributed by atoms with Crippen molar-refractivity contribution in [3.8, 4) is 22.8 Å². The van der Waals surface area contributed by atoms with Crippen LogP contribution < -0.4 is 14.2 Å². The highest BCUT2D eigenvalue weighted by molar-refractivity contribution is 7.89. The first-order chi connectivity index (χ1) is 16.7. The van der Waals surface area contributed by atoms with Gasteiger partial charge < -0.3 is 9.47 Å². The highest BCUT2D eigenvalue weighted by Gasteiger charge is 2.18. The number of amides is 1. The minimum Gasteiger partial charge on any atom is -0.492 e. The lowest BCUT2D eigenvalue weighted by Gasteiger charge is -2.25. The second-order valence-electron chi connectivity index (χ2n) is 8.77. The zero-order chi connectivity index (χ0) is 25.0. The van der Waals surface area contributed by atoms with E-state index in [1.165, 1.54) is 31.4 Å². The number of ether oxygens (including phenoxy) is 2. The average molecular weight is 499 g/mol. The normalized spacial score (nSPS) is 13.7. The van der Waals surface area contributed by atoms with Gasteiger partial charge in [0.2, 0.25) is 10.0 Å². The second-order valence-corrected chi connectivity index (χ2v) is 10.5. The maximum atomic E-state index is 14.5. The molecule has 184 valence electrons. The Morgan fingerprint density at radius 1 is 1.11 bits per heavy atom. The fourth-order valence-electron chi connectivity index (χ4n) is 3.73. The Morgan fingerprint density at radius 2 is 1.91 bits per heavy atom. The molecule has 1 aromatic heterocycles. The predicted molar refractivity (Wildman–Crippen MR) is 130 cm³/mol. The van der Waals surface area contributed by atoms with Gasteiger partial charge in [0.05, 0.1) is 24.8 Å². The smallest absolute Gasteiger partial charge is 0.264 e. The van der Waals surface area contributed by atoms with Gasteiger partial charge in [-0.1, -0.05) is 24.6 Å². The summed E-state index contributed by atoms with van der Waals surface area (Å²) < 4.78 is 50.4. The Kier molecular flexibility index (Phi) is 7.35. The van der Waals surface area contributed by atoms with Gasteiger partial charge in [0, 0.05) is 16.7 Å². The number of carbonyl (C=O) groups is 1. The van der Waals surface area contributed by atoms with Crippen LogP contribution in [0.15, 0.2) is 54.7 Å². The van der Waals surface area contributed by atoms with E-state index >= 15 is 0 Å². The van der Waals surface area contributed by atoms with E-state index in [1.807, 2.05) is 35.9 Å². The van der Waals surface area contributed by atoms with Gasteiger partial charge in [0.25, 0.3) is 5.91 Å². The highest BCUT2D eigenvalue weighted by Crippen LogP contribution is 2.30. The molecule has 3 aromatic rings.